The molecular formula is C22H22F2N2O3. The molecular weight excluding hydrogens is 378 g/mol. The number of aliphatic imine (C=N–C) groups is 1. The van der Waals surface area contributed by atoms with Crippen molar-refractivity contribution in [1.29, 1.82) is 0 Å². The van der Waals surface area contributed by atoms with E-state index in [1.165, 1.54) is 12.4 Å². The highest BCUT2D eigenvalue weighted by Crippen LogP contribution is 2.40. The molecule has 1 aliphatic heterocycles. The second-order valence-corrected chi connectivity index (χ2v) is 7.07. The number of rotatable bonds is 6. The molecule has 1 heterocycles. The van der Waals surface area contributed by atoms with Gasteiger partial charge in [0.15, 0.2) is 0 Å². The molecule has 0 radical (unpaired) electrons. The van der Waals surface area contributed by atoms with Crippen molar-refractivity contribution in [3.8, 4) is 23.7 Å². The predicted molar refractivity (Wildman–Crippen MR) is 106 cm³/mol. The van der Waals surface area contributed by atoms with Gasteiger partial charge in [0, 0.05) is 17.4 Å². The van der Waals surface area contributed by atoms with Crippen LogP contribution in [0.2, 0.25) is 0 Å². The molecule has 5 nitrogen and oxygen atoms in total. The first kappa shape index (κ1) is 22.3. The summed E-state index contributed by atoms with van der Waals surface area (Å²) in [4.78, 5) is 16.0. The molecule has 7 heteroatoms. The van der Waals surface area contributed by atoms with Gasteiger partial charge in [-0.25, -0.2) is 14.3 Å². The number of alkyl halides is 2. The fraction of sp³-hybridized carbons (Fsp3) is 0.364. The van der Waals surface area contributed by atoms with E-state index in [1.807, 2.05) is 6.08 Å². The smallest absolute Gasteiger partial charge is 0.267 e. The van der Waals surface area contributed by atoms with Crippen molar-refractivity contribution >= 4 is 12.1 Å². The van der Waals surface area contributed by atoms with Crippen molar-refractivity contribution in [2.75, 3.05) is 6.54 Å². The van der Waals surface area contributed by atoms with Crippen molar-refractivity contribution in [3.63, 3.8) is 0 Å². The Kier molecular flexibility index (Phi) is 7.28. The molecule has 0 saturated heterocycles. The van der Waals surface area contributed by atoms with Crippen molar-refractivity contribution in [3.05, 3.63) is 47.0 Å². The number of carbonyl (C=O) groups excluding carboxylic acids is 1. The van der Waals surface area contributed by atoms with E-state index in [4.69, 9.17) is 5.21 Å². The lowest BCUT2D eigenvalue weighted by molar-refractivity contribution is -0.183. The third kappa shape index (κ3) is 5.29. The van der Waals surface area contributed by atoms with Crippen molar-refractivity contribution in [1.82, 2.24) is 5.48 Å². The molecule has 29 heavy (non-hydrogen) atoms. The highest BCUT2D eigenvalue weighted by Gasteiger charge is 2.54. The summed E-state index contributed by atoms with van der Waals surface area (Å²) in [5.74, 6) is 10.2. The molecule has 0 bridgehead atoms. The Labute approximate surface area is 168 Å². The zero-order valence-corrected chi connectivity index (χ0v) is 16.2. The van der Waals surface area contributed by atoms with Crippen LogP contribution in [0, 0.1) is 29.1 Å². The van der Waals surface area contributed by atoms with Gasteiger partial charge in [-0.3, -0.25) is 15.0 Å². The van der Waals surface area contributed by atoms with E-state index < -0.39 is 23.3 Å². The summed E-state index contributed by atoms with van der Waals surface area (Å²) in [5, 5.41) is 19.1. The number of carbonyl (C=O) groups is 1. The number of hydrogen-bond acceptors (Lipinski definition) is 4. The number of allylic oxidation sites excluding steroid dienone is 1. The Bertz CT molecular complexity index is 929. The standard InChI is InChI=1S/C22H22F2N2O3/c1-21(20(27)26-29,22(2,28)19(23)24)13-11-17-9-7-16(8-10-17)5-3-4-6-18-12-14-25-15-18/h7-10,12,15,19,28-29H,11,13-14H2,1-2H3,(H,26,27). The van der Waals surface area contributed by atoms with Gasteiger partial charge in [0.05, 0.1) is 12.0 Å². The zero-order chi connectivity index (χ0) is 21.5. The minimum Gasteiger partial charge on any atom is -0.383 e. The lowest BCUT2D eigenvalue weighted by atomic mass is 9.70. The van der Waals surface area contributed by atoms with Crippen LogP contribution in [0.3, 0.4) is 0 Å². The van der Waals surface area contributed by atoms with Crippen molar-refractivity contribution in [2.45, 2.75) is 38.7 Å². The van der Waals surface area contributed by atoms with E-state index in [1.54, 1.807) is 30.5 Å². The first-order valence-electron chi connectivity index (χ1n) is 8.96. The summed E-state index contributed by atoms with van der Waals surface area (Å²) >= 11 is 0. The van der Waals surface area contributed by atoms with Gasteiger partial charge in [0.1, 0.15) is 5.60 Å². The van der Waals surface area contributed by atoms with Gasteiger partial charge in [-0.05, 0) is 62.3 Å². The number of nitrogens with zero attached hydrogens (tertiary/aromatic N) is 1. The fourth-order valence-electron chi connectivity index (χ4n) is 2.75. The predicted octanol–water partition coefficient (Wildman–Crippen LogP) is 2.51. The lowest BCUT2D eigenvalue weighted by Crippen LogP contribution is -2.57. The molecule has 0 aromatic heterocycles. The van der Waals surface area contributed by atoms with Crippen LogP contribution in [-0.2, 0) is 11.2 Å². The summed E-state index contributed by atoms with van der Waals surface area (Å²) in [5.41, 5.74) is -0.769. The number of nitrogens with one attached hydrogen (secondary N) is 1. The summed E-state index contributed by atoms with van der Waals surface area (Å²) in [6.45, 7) is 2.73. The van der Waals surface area contributed by atoms with Gasteiger partial charge in [0.25, 0.3) is 12.3 Å². The van der Waals surface area contributed by atoms with E-state index in [9.17, 15) is 18.7 Å². The molecule has 0 aliphatic carbocycles. The third-order valence-electron chi connectivity index (χ3n) is 5.14. The summed E-state index contributed by atoms with van der Waals surface area (Å²) in [6.07, 6.45) is 0.590. The largest absolute Gasteiger partial charge is 0.383 e. The average Bonchev–Trinajstić information content (AvgIpc) is 3.22. The topological polar surface area (TPSA) is 81.9 Å². The molecule has 2 atom stereocenters. The Morgan fingerprint density at radius 2 is 1.90 bits per heavy atom. The molecule has 3 N–H and O–H groups in total. The number of benzene rings is 1. The fourth-order valence-corrected chi connectivity index (χ4v) is 2.75. The van der Waals surface area contributed by atoms with E-state index in [0.29, 0.717) is 6.54 Å². The maximum Gasteiger partial charge on any atom is 0.267 e. The van der Waals surface area contributed by atoms with Gasteiger partial charge in [-0.15, -0.1) is 0 Å². The number of aryl methyl sites for hydroxylation is 1. The molecule has 0 spiro atoms. The number of hydroxylamine groups is 1. The maximum atomic E-state index is 13.3. The molecule has 2 unspecified atom stereocenters. The first-order valence-corrected chi connectivity index (χ1v) is 8.96. The van der Waals surface area contributed by atoms with Gasteiger partial charge >= 0.3 is 0 Å². The molecule has 1 aromatic carbocycles. The van der Waals surface area contributed by atoms with E-state index in [-0.39, 0.29) is 12.8 Å². The molecule has 2 rings (SSSR count). The van der Waals surface area contributed by atoms with Crippen LogP contribution in [0.15, 0.2) is 40.9 Å². The number of amides is 1. The van der Waals surface area contributed by atoms with Crippen LogP contribution >= 0.6 is 0 Å². The third-order valence-corrected chi connectivity index (χ3v) is 5.14. The SMILES string of the molecule is CC(CCc1ccc(C#CC#CC2=CCN=C2)cc1)(C(=O)NO)C(C)(O)C(F)F. The zero-order valence-electron chi connectivity index (χ0n) is 16.2. The molecule has 1 aliphatic rings. The first-order chi connectivity index (χ1) is 13.7. The maximum absolute atomic E-state index is 13.3. The van der Waals surface area contributed by atoms with E-state index in [0.717, 1.165) is 23.6 Å². The Hall–Kier alpha value is -3.00. The highest BCUT2D eigenvalue weighted by molar-refractivity contribution is 5.87. The number of halogens is 2. The molecule has 0 saturated carbocycles. The monoisotopic (exact) mass is 400 g/mol. The molecule has 1 amide bonds. The normalized spacial score (nSPS) is 16.6. The lowest BCUT2D eigenvalue weighted by Gasteiger charge is -2.40. The highest BCUT2D eigenvalue weighted by atomic mass is 19.3. The summed E-state index contributed by atoms with van der Waals surface area (Å²) in [7, 11) is 0. The van der Waals surface area contributed by atoms with Gasteiger partial charge < -0.3 is 5.11 Å². The van der Waals surface area contributed by atoms with Crippen LogP contribution in [0.25, 0.3) is 0 Å². The Morgan fingerprint density at radius 1 is 1.24 bits per heavy atom. The Balaban J connectivity index is 2.06. The van der Waals surface area contributed by atoms with Crippen molar-refractivity contribution < 1.29 is 23.9 Å². The van der Waals surface area contributed by atoms with E-state index >= 15 is 0 Å². The average molecular weight is 400 g/mol. The molecule has 152 valence electrons. The number of aliphatic hydroxyl groups is 1. The van der Waals surface area contributed by atoms with Gasteiger partial charge in [-0.2, -0.15) is 0 Å². The minimum atomic E-state index is -3.16. The van der Waals surface area contributed by atoms with Crippen LogP contribution < -0.4 is 5.48 Å². The van der Waals surface area contributed by atoms with Crippen LogP contribution in [-0.4, -0.2) is 41.0 Å². The van der Waals surface area contributed by atoms with Crippen molar-refractivity contribution in [2.24, 2.45) is 10.4 Å². The van der Waals surface area contributed by atoms with Gasteiger partial charge in [-0.1, -0.05) is 24.0 Å². The van der Waals surface area contributed by atoms with Crippen LogP contribution in [0.5, 0.6) is 0 Å². The second kappa shape index (κ2) is 9.47. The molecule has 0 fully saturated rings. The Morgan fingerprint density at radius 3 is 2.45 bits per heavy atom. The van der Waals surface area contributed by atoms with Crippen LogP contribution in [0.4, 0.5) is 8.78 Å². The summed E-state index contributed by atoms with van der Waals surface area (Å²) in [6, 6.07) is 7.04. The number of hydrogen-bond donors (Lipinski definition) is 3. The minimum absolute atomic E-state index is 0.0934. The van der Waals surface area contributed by atoms with Gasteiger partial charge in [0.2, 0.25) is 0 Å². The van der Waals surface area contributed by atoms with Crippen LogP contribution in [0.1, 0.15) is 31.4 Å². The molecule has 1 aromatic rings. The van der Waals surface area contributed by atoms with E-state index in [2.05, 4.69) is 28.7 Å². The summed E-state index contributed by atoms with van der Waals surface area (Å²) < 4.78 is 26.6. The second-order valence-electron chi connectivity index (χ2n) is 7.07. The quantitative estimate of drug-likeness (QED) is 0.390.